The zero-order valence-electron chi connectivity index (χ0n) is 26.4. The van der Waals surface area contributed by atoms with Crippen LogP contribution in [-0.2, 0) is 23.8 Å². The van der Waals surface area contributed by atoms with Crippen LogP contribution in [-0.4, -0.2) is 109 Å². The van der Waals surface area contributed by atoms with Crippen LogP contribution in [0.15, 0.2) is 12.7 Å². The first-order valence-corrected chi connectivity index (χ1v) is 18.7. The number of ether oxygens (including phenoxy) is 3. The van der Waals surface area contributed by atoms with E-state index in [1.165, 1.54) is 12.7 Å². The highest BCUT2D eigenvalue weighted by atomic mass is 32.2. The number of anilines is 1. The maximum atomic E-state index is 13.0. The number of urea groups is 2. The Morgan fingerprint density at radius 2 is 1.54 bits per heavy atom. The Bertz CT molecular complexity index is 1530. The van der Waals surface area contributed by atoms with Crippen LogP contribution in [0.4, 0.5) is 15.4 Å². The van der Waals surface area contributed by atoms with E-state index in [0.29, 0.717) is 40.9 Å². The molecular formula is C30H41N9O7S2. The minimum absolute atomic E-state index is 0.0275. The van der Waals surface area contributed by atoms with Gasteiger partial charge in [0.25, 0.3) is 0 Å². The molecule has 6 N–H and O–H groups in total. The van der Waals surface area contributed by atoms with Crippen LogP contribution < -0.4 is 27.0 Å². The third-order valence-electron chi connectivity index (χ3n) is 9.63. The molecule has 0 bridgehead atoms. The Kier molecular flexibility index (Phi) is 10.00. The number of esters is 2. The minimum Gasteiger partial charge on any atom is -0.463 e. The van der Waals surface area contributed by atoms with Crippen LogP contribution >= 0.6 is 23.5 Å². The molecule has 7 heterocycles. The molecule has 9 atom stereocenters. The fourth-order valence-corrected chi connectivity index (χ4v) is 10.3. The highest BCUT2D eigenvalue weighted by Crippen LogP contribution is 2.36. The molecule has 2 aromatic rings. The van der Waals surface area contributed by atoms with E-state index < -0.39 is 18.4 Å². The van der Waals surface area contributed by atoms with Gasteiger partial charge in [-0.05, 0) is 25.7 Å². The van der Waals surface area contributed by atoms with Crippen molar-refractivity contribution in [3.05, 3.63) is 12.7 Å². The number of nitrogens with zero attached hydrogens (tertiary/aromatic N) is 4. The highest BCUT2D eigenvalue weighted by Gasteiger charge is 2.44. The van der Waals surface area contributed by atoms with E-state index in [1.807, 2.05) is 23.5 Å². The first-order valence-electron chi connectivity index (χ1n) is 16.6. The van der Waals surface area contributed by atoms with Crippen LogP contribution in [0.1, 0.15) is 64.0 Å². The van der Waals surface area contributed by atoms with Gasteiger partial charge >= 0.3 is 24.0 Å². The molecule has 0 spiro atoms. The van der Waals surface area contributed by atoms with Gasteiger partial charge < -0.3 is 41.2 Å². The molecule has 2 aromatic heterocycles. The first kappa shape index (κ1) is 33.0. The summed E-state index contributed by atoms with van der Waals surface area (Å²) in [6, 6.07) is 0.447. The number of nitrogens with one attached hydrogen (secondary N) is 4. The Morgan fingerprint density at radius 3 is 2.21 bits per heavy atom. The summed E-state index contributed by atoms with van der Waals surface area (Å²) in [5.41, 5.74) is 6.86. The van der Waals surface area contributed by atoms with Gasteiger partial charge in [0.1, 0.15) is 24.6 Å². The summed E-state index contributed by atoms with van der Waals surface area (Å²) >= 11 is 3.71. The van der Waals surface area contributed by atoms with E-state index >= 15 is 0 Å². The van der Waals surface area contributed by atoms with Crippen molar-refractivity contribution in [3.8, 4) is 0 Å². The van der Waals surface area contributed by atoms with Crippen molar-refractivity contribution in [2.75, 3.05) is 23.8 Å². The number of unbranched alkanes of at least 4 members (excludes halogenated alkanes) is 2. The normalized spacial score (nSPS) is 32.0. The second-order valence-electron chi connectivity index (χ2n) is 12.9. The van der Waals surface area contributed by atoms with E-state index in [-0.39, 0.29) is 73.4 Å². The zero-order valence-corrected chi connectivity index (χ0v) is 28.0. The number of amides is 4. The Labute approximate surface area is 285 Å². The van der Waals surface area contributed by atoms with Crippen molar-refractivity contribution in [1.29, 1.82) is 0 Å². The first-order chi connectivity index (χ1) is 23.3. The SMILES string of the molecule is Nc1ncnc2c1ncn2[C@@H]1O[C@H](COC(=O)CCCC[C@@H]2SC[C@@H]3NC(=O)N[C@@H]32)CC1OC(=O)CCCC[C@@H]1SC[C@@H]2NC(=O)N[C@@H]21. The van der Waals surface area contributed by atoms with Crippen molar-refractivity contribution in [3.63, 3.8) is 0 Å². The Hall–Kier alpha value is -3.51. The van der Waals surface area contributed by atoms with Crippen molar-refractivity contribution in [2.24, 2.45) is 0 Å². The quantitative estimate of drug-likeness (QED) is 0.108. The summed E-state index contributed by atoms with van der Waals surface area (Å²) in [7, 11) is 0. The molecule has 0 aromatic carbocycles. The van der Waals surface area contributed by atoms with Gasteiger partial charge in [-0.25, -0.2) is 24.5 Å². The predicted octanol–water partition coefficient (Wildman–Crippen LogP) is 1.60. The second kappa shape index (κ2) is 14.5. The number of aromatic nitrogens is 4. The minimum atomic E-state index is -0.736. The molecule has 4 amide bonds. The van der Waals surface area contributed by atoms with Crippen molar-refractivity contribution >= 4 is 64.5 Å². The average molecular weight is 704 g/mol. The number of imidazole rings is 1. The highest BCUT2D eigenvalue weighted by molar-refractivity contribution is 8.00. The van der Waals surface area contributed by atoms with Crippen molar-refractivity contribution in [2.45, 2.75) is 111 Å². The van der Waals surface area contributed by atoms with Crippen LogP contribution in [0, 0.1) is 0 Å². The number of fused-ring (bicyclic) bond motifs is 3. The van der Waals surface area contributed by atoms with Gasteiger partial charge in [-0.1, -0.05) is 12.8 Å². The molecule has 0 aliphatic carbocycles. The molecule has 5 fully saturated rings. The monoisotopic (exact) mass is 703 g/mol. The molecule has 260 valence electrons. The third kappa shape index (κ3) is 7.24. The number of hydrogen-bond donors (Lipinski definition) is 5. The molecule has 1 unspecified atom stereocenters. The summed E-state index contributed by atoms with van der Waals surface area (Å²) in [5, 5.41) is 12.6. The maximum Gasteiger partial charge on any atom is 0.315 e. The van der Waals surface area contributed by atoms with E-state index in [0.717, 1.165) is 37.2 Å². The summed E-state index contributed by atoms with van der Waals surface area (Å²) in [5.74, 6) is 1.39. The van der Waals surface area contributed by atoms with Crippen molar-refractivity contribution < 1.29 is 33.4 Å². The molecule has 5 aliphatic rings. The van der Waals surface area contributed by atoms with Crippen molar-refractivity contribution in [1.82, 2.24) is 40.8 Å². The molecular weight excluding hydrogens is 663 g/mol. The molecule has 16 nitrogen and oxygen atoms in total. The van der Waals surface area contributed by atoms with Gasteiger partial charge in [0.05, 0.1) is 36.6 Å². The standard InChI is InChI=1S/C30H41N9O7S2/c31-26-25-27(33-13-32-26)39(14-34-25)28-18(46-22(41)8-4-2-6-20-24-17(12-48-20)36-30(43)38-24)9-15(45-28)10-44-21(40)7-3-1-5-19-23-16(11-47-19)35-29(42)37-23/h13-20,23-24,28H,1-12H2,(H2,31,32,33)(H2,35,37,42)(H2,36,38,43)/t15-,16-,17-,18?,19-,20-,23-,24-,28+/m0/s1. The second-order valence-corrected chi connectivity index (χ2v) is 15.5. The van der Waals surface area contributed by atoms with Crippen LogP contribution in [0.2, 0.25) is 0 Å². The molecule has 5 saturated heterocycles. The number of thioether (sulfide) groups is 2. The van der Waals surface area contributed by atoms with Gasteiger partial charge in [0.15, 0.2) is 17.7 Å². The lowest BCUT2D eigenvalue weighted by atomic mass is 10.0. The van der Waals surface area contributed by atoms with E-state index in [2.05, 4.69) is 36.2 Å². The van der Waals surface area contributed by atoms with Crippen LogP contribution in [0.5, 0.6) is 0 Å². The third-order valence-corrected chi connectivity index (χ3v) is 12.7. The lowest BCUT2D eigenvalue weighted by Crippen LogP contribution is -2.36. The Balaban J connectivity index is 0.882. The fraction of sp³-hybridized carbons (Fsp3) is 0.700. The molecule has 0 saturated carbocycles. The van der Waals surface area contributed by atoms with Crippen LogP contribution in [0.25, 0.3) is 11.2 Å². The summed E-state index contributed by atoms with van der Waals surface area (Å²) < 4.78 is 19.5. The zero-order chi connectivity index (χ0) is 33.2. The van der Waals surface area contributed by atoms with Gasteiger partial charge in [0, 0.05) is 41.3 Å². The summed E-state index contributed by atoms with van der Waals surface area (Å²) in [6.45, 7) is 0.0275. The van der Waals surface area contributed by atoms with E-state index in [4.69, 9.17) is 19.9 Å². The Morgan fingerprint density at radius 1 is 0.896 bits per heavy atom. The molecule has 18 heteroatoms. The number of rotatable bonds is 14. The molecule has 0 radical (unpaired) electrons. The van der Waals surface area contributed by atoms with Gasteiger partial charge in [-0.3, -0.25) is 14.2 Å². The fourth-order valence-electron chi connectivity index (χ4n) is 7.23. The topological polar surface area (TPSA) is 214 Å². The smallest absolute Gasteiger partial charge is 0.315 e. The number of carbonyl (C=O) groups is 4. The summed E-state index contributed by atoms with van der Waals surface area (Å²) in [4.78, 5) is 61.6. The lowest BCUT2D eigenvalue weighted by molar-refractivity contribution is -0.155. The summed E-state index contributed by atoms with van der Waals surface area (Å²) in [6.07, 6.45) is 6.75. The largest absolute Gasteiger partial charge is 0.463 e. The number of carbonyl (C=O) groups excluding carboxylic acids is 4. The number of nitrogens with two attached hydrogens (primary N) is 1. The number of nitrogen functional groups attached to an aromatic ring is 1. The van der Waals surface area contributed by atoms with Gasteiger partial charge in [-0.2, -0.15) is 23.5 Å². The molecule has 5 aliphatic heterocycles. The van der Waals surface area contributed by atoms with Crippen LogP contribution in [0.3, 0.4) is 0 Å². The predicted molar refractivity (Wildman–Crippen MR) is 177 cm³/mol. The maximum absolute atomic E-state index is 13.0. The lowest BCUT2D eigenvalue weighted by Gasteiger charge is -2.21. The average Bonchev–Trinajstić information content (AvgIpc) is 3.90. The van der Waals surface area contributed by atoms with E-state index in [9.17, 15) is 19.2 Å². The van der Waals surface area contributed by atoms with Gasteiger partial charge in [0.2, 0.25) is 0 Å². The molecule has 48 heavy (non-hydrogen) atoms. The van der Waals surface area contributed by atoms with E-state index in [1.54, 1.807) is 4.57 Å². The molecule has 7 rings (SSSR count). The number of hydrogen-bond acceptors (Lipinski definition) is 13. The van der Waals surface area contributed by atoms with Gasteiger partial charge in [-0.15, -0.1) is 0 Å².